The molecule has 1 aromatic carbocycles. The second-order valence-electron chi connectivity index (χ2n) is 8.41. The number of hydrogen-bond donors (Lipinski definition) is 1. The molecular formula is C19H31N. The van der Waals surface area contributed by atoms with Crippen molar-refractivity contribution >= 4 is 0 Å². The van der Waals surface area contributed by atoms with Crippen LogP contribution in [0.5, 0.6) is 0 Å². The first kappa shape index (κ1) is 15.6. The lowest BCUT2D eigenvalue weighted by atomic mass is 9.63. The van der Waals surface area contributed by atoms with Crippen LogP contribution in [-0.4, -0.2) is 6.04 Å². The van der Waals surface area contributed by atoms with Crippen molar-refractivity contribution < 1.29 is 0 Å². The van der Waals surface area contributed by atoms with Gasteiger partial charge in [-0.15, -0.1) is 0 Å². The molecule has 0 aliphatic heterocycles. The summed E-state index contributed by atoms with van der Waals surface area (Å²) in [6.07, 6.45) is 3.90. The number of benzene rings is 1. The van der Waals surface area contributed by atoms with Gasteiger partial charge in [-0.2, -0.15) is 0 Å². The molecule has 0 amide bonds. The molecule has 1 saturated carbocycles. The predicted octanol–water partition coefficient (Wildman–Crippen LogP) is 5.25. The van der Waals surface area contributed by atoms with Crippen molar-refractivity contribution in [1.29, 1.82) is 0 Å². The molecule has 0 heterocycles. The summed E-state index contributed by atoms with van der Waals surface area (Å²) in [4.78, 5) is 0. The van der Waals surface area contributed by atoms with Gasteiger partial charge in [0.2, 0.25) is 0 Å². The molecule has 0 saturated heterocycles. The first-order valence-electron chi connectivity index (χ1n) is 8.00. The first-order valence-corrected chi connectivity index (χ1v) is 8.00. The summed E-state index contributed by atoms with van der Waals surface area (Å²) in [7, 11) is 0. The van der Waals surface area contributed by atoms with Crippen molar-refractivity contribution in [3.8, 4) is 0 Å². The Morgan fingerprint density at radius 2 is 1.50 bits per heavy atom. The van der Waals surface area contributed by atoms with E-state index in [2.05, 4.69) is 71.1 Å². The maximum atomic E-state index is 3.87. The minimum Gasteiger partial charge on any atom is -0.307 e. The highest BCUT2D eigenvalue weighted by molar-refractivity contribution is 5.23. The Bertz CT molecular complexity index is 425. The largest absolute Gasteiger partial charge is 0.307 e. The number of nitrogens with one attached hydrogen (secondary N) is 1. The van der Waals surface area contributed by atoms with Crippen molar-refractivity contribution in [2.24, 2.45) is 10.8 Å². The Morgan fingerprint density at radius 3 is 2.00 bits per heavy atom. The van der Waals surface area contributed by atoms with E-state index >= 15 is 0 Å². The Morgan fingerprint density at radius 1 is 1.00 bits per heavy atom. The van der Waals surface area contributed by atoms with E-state index in [1.165, 1.54) is 30.4 Å². The average Bonchev–Trinajstić information content (AvgIpc) is 2.25. The van der Waals surface area contributed by atoms with E-state index in [0.29, 0.717) is 22.9 Å². The van der Waals surface area contributed by atoms with Crippen LogP contribution in [0.15, 0.2) is 24.3 Å². The first-order chi connectivity index (χ1) is 9.17. The molecule has 1 heteroatoms. The lowest BCUT2D eigenvalue weighted by molar-refractivity contribution is 0.0811. The van der Waals surface area contributed by atoms with Crippen LogP contribution in [0.3, 0.4) is 0 Å². The van der Waals surface area contributed by atoms with E-state index in [4.69, 9.17) is 0 Å². The molecule has 112 valence electrons. The van der Waals surface area contributed by atoms with Crippen LogP contribution in [0.1, 0.15) is 71.0 Å². The fourth-order valence-corrected chi connectivity index (χ4v) is 4.27. The Balaban J connectivity index is 2.03. The Kier molecular flexibility index (Phi) is 4.30. The van der Waals surface area contributed by atoms with Gasteiger partial charge in [0.1, 0.15) is 0 Å². The van der Waals surface area contributed by atoms with E-state index in [1.807, 2.05) is 0 Å². The zero-order valence-electron chi connectivity index (χ0n) is 14.1. The summed E-state index contributed by atoms with van der Waals surface area (Å²) >= 11 is 0. The fourth-order valence-electron chi connectivity index (χ4n) is 4.27. The predicted molar refractivity (Wildman–Crippen MR) is 87.9 cm³/mol. The van der Waals surface area contributed by atoms with Gasteiger partial charge in [0.05, 0.1) is 0 Å². The van der Waals surface area contributed by atoms with Crippen molar-refractivity contribution in [3.63, 3.8) is 0 Å². The second kappa shape index (κ2) is 5.52. The molecule has 0 unspecified atom stereocenters. The van der Waals surface area contributed by atoms with Crippen molar-refractivity contribution in [2.45, 2.75) is 72.9 Å². The zero-order valence-corrected chi connectivity index (χ0v) is 14.1. The zero-order chi connectivity index (χ0) is 15.0. The maximum absolute atomic E-state index is 3.87. The van der Waals surface area contributed by atoms with Crippen LogP contribution in [0.2, 0.25) is 0 Å². The molecular weight excluding hydrogens is 242 g/mol. The molecule has 0 bridgehead atoms. The van der Waals surface area contributed by atoms with Gasteiger partial charge >= 0.3 is 0 Å². The summed E-state index contributed by atoms with van der Waals surface area (Å²) in [6, 6.07) is 10.00. The van der Waals surface area contributed by atoms with E-state index in [1.54, 1.807) is 0 Å². The fraction of sp³-hybridized carbons (Fsp3) is 0.684. The summed E-state index contributed by atoms with van der Waals surface area (Å²) < 4.78 is 0. The third-order valence-electron chi connectivity index (χ3n) is 4.62. The lowest BCUT2D eigenvalue weighted by Gasteiger charge is -2.46. The third kappa shape index (κ3) is 4.09. The highest BCUT2D eigenvalue weighted by Gasteiger charge is 2.38. The van der Waals surface area contributed by atoms with Gasteiger partial charge in [-0.05, 0) is 49.5 Å². The molecule has 1 aliphatic rings. The van der Waals surface area contributed by atoms with Gasteiger partial charge in [0, 0.05) is 12.1 Å². The van der Waals surface area contributed by atoms with Gasteiger partial charge < -0.3 is 5.32 Å². The van der Waals surface area contributed by atoms with Gasteiger partial charge in [0.15, 0.2) is 0 Å². The van der Waals surface area contributed by atoms with Crippen molar-refractivity contribution in [2.75, 3.05) is 0 Å². The summed E-state index contributed by atoms with van der Waals surface area (Å²) in [5, 5.41) is 3.87. The topological polar surface area (TPSA) is 12.0 Å². The summed E-state index contributed by atoms with van der Waals surface area (Å²) in [5.41, 5.74) is 3.64. The van der Waals surface area contributed by atoms with Gasteiger partial charge in [-0.25, -0.2) is 0 Å². The minimum absolute atomic E-state index is 0.435. The minimum atomic E-state index is 0.435. The van der Waals surface area contributed by atoms with E-state index < -0.39 is 0 Å². The normalized spacial score (nSPS) is 23.5. The number of hydrogen-bond acceptors (Lipinski definition) is 1. The second-order valence-corrected chi connectivity index (χ2v) is 8.41. The summed E-state index contributed by atoms with van der Waals surface area (Å²) in [5.74, 6) is 0. The van der Waals surface area contributed by atoms with E-state index in [9.17, 15) is 0 Å². The highest BCUT2D eigenvalue weighted by Crippen LogP contribution is 2.46. The monoisotopic (exact) mass is 273 g/mol. The molecule has 0 spiro atoms. The van der Waals surface area contributed by atoms with Crippen LogP contribution in [0, 0.1) is 17.8 Å². The van der Waals surface area contributed by atoms with Crippen molar-refractivity contribution in [1.82, 2.24) is 5.32 Å². The standard InChI is InChI=1S/C19H31N/c1-14-7-9-16(10-8-14)15(2)20-17-11-18(3,4)13-19(5,6)12-17/h7-10,15,17,20H,11-13H2,1-6H3/t15-/m1/s1. The Labute approximate surface area is 125 Å². The van der Waals surface area contributed by atoms with Crippen LogP contribution in [-0.2, 0) is 0 Å². The smallest absolute Gasteiger partial charge is 0.0294 e. The quantitative estimate of drug-likeness (QED) is 0.793. The molecule has 1 aliphatic carbocycles. The maximum Gasteiger partial charge on any atom is 0.0294 e. The average molecular weight is 273 g/mol. The van der Waals surface area contributed by atoms with Crippen LogP contribution in [0.4, 0.5) is 0 Å². The van der Waals surface area contributed by atoms with E-state index in [0.717, 1.165) is 0 Å². The highest BCUT2D eigenvalue weighted by atomic mass is 15.0. The summed E-state index contributed by atoms with van der Waals surface area (Å²) in [6.45, 7) is 14.1. The molecule has 1 atom stereocenters. The molecule has 0 radical (unpaired) electrons. The van der Waals surface area contributed by atoms with Crippen LogP contribution in [0.25, 0.3) is 0 Å². The molecule has 1 aromatic rings. The molecule has 0 aromatic heterocycles. The number of aryl methyl sites for hydroxylation is 1. The van der Waals surface area contributed by atoms with E-state index in [-0.39, 0.29) is 0 Å². The van der Waals surface area contributed by atoms with Gasteiger partial charge in [-0.3, -0.25) is 0 Å². The lowest BCUT2D eigenvalue weighted by Crippen LogP contribution is -2.44. The van der Waals surface area contributed by atoms with Gasteiger partial charge in [-0.1, -0.05) is 57.5 Å². The van der Waals surface area contributed by atoms with Crippen LogP contribution >= 0.6 is 0 Å². The molecule has 2 rings (SSSR count). The SMILES string of the molecule is Cc1ccc([C@@H](C)NC2CC(C)(C)CC(C)(C)C2)cc1. The third-order valence-corrected chi connectivity index (χ3v) is 4.62. The molecule has 1 nitrogen and oxygen atoms in total. The molecule has 1 fully saturated rings. The Hall–Kier alpha value is -0.820. The number of rotatable bonds is 3. The van der Waals surface area contributed by atoms with Crippen molar-refractivity contribution in [3.05, 3.63) is 35.4 Å². The van der Waals surface area contributed by atoms with Gasteiger partial charge in [0.25, 0.3) is 0 Å². The molecule has 1 N–H and O–H groups in total. The molecule has 20 heavy (non-hydrogen) atoms. The van der Waals surface area contributed by atoms with Crippen LogP contribution < -0.4 is 5.32 Å².